The van der Waals surface area contributed by atoms with Crippen molar-refractivity contribution in [1.82, 2.24) is 4.90 Å². The third kappa shape index (κ3) is 3.91. The van der Waals surface area contributed by atoms with E-state index in [4.69, 9.17) is 22.1 Å². The Bertz CT molecular complexity index is 714. The van der Waals surface area contributed by atoms with Crippen molar-refractivity contribution in [2.24, 2.45) is 0 Å². The number of thiocarbonyl (C=S) groups is 1. The summed E-state index contributed by atoms with van der Waals surface area (Å²) < 4.78 is 5.51. The van der Waals surface area contributed by atoms with Crippen LogP contribution in [0.1, 0.15) is 5.56 Å². The van der Waals surface area contributed by atoms with Crippen LogP contribution in [0.5, 0.6) is 11.5 Å². The molecule has 0 saturated carbocycles. The van der Waals surface area contributed by atoms with Gasteiger partial charge in [-0.15, -0.1) is 6.58 Å². The normalized spacial score (nSPS) is 16.0. The van der Waals surface area contributed by atoms with E-state index in [-0.39, 0.29) is 17.4 Å². The maximum atomic E-state index is 12.3. The Kier molecular flexibility index (Phi) is 5.41. The van der Waals surface area contributed by atoms with E-state index in [1.165, 1.54) is 17.0 Å². The smallest absolute Gasteiger partial charge is 0.341 e. The number of hydrogen-bond donors (Lipinski definition) is 2. The zero-order chi connectivity index (χ0) is 17.0. The molecule has 0 atom stereocenters. The second kappa shape index (κ2) is 7.30. The lowest BCUT2D eigenvalue weighted by atomic mass is 10.1. The molecular formula is C15H13NO5S2. The molecule has 1 aromatic carbocycles. The second-order valence-corrected chi connectivity index (χ2v) is 6.13. The summed E-state index contributed by atoms with van der Waals surface area (Å²) in [6.45, 7) is 3.29. The number of carboxylic acid groups (broad SMARTS) is 1. The number of ether oxygens (including phenoxy) is 1. The fourth-order valence-electron chi connectivity index (χ4n) is 1.87. The Balaban J connectivity index is 2.34. The molecule has 1 fully saturated rings. The molecule has 1 aromatic rings. The minimum atomic E-state index is -1.17. The minimum Gasteiger partial charge on any atom is -0.504 e. The number of benzene rings is 1. The zero-order valence-corrected chi connectivity index (χ0v) is 13.5. The fraction of sp³-hybridized carbons (Fsp3) is 0.133. The maximum absolute atomic E-state index is 12.3. The summed E-state index contributed by atoms with van der Waals surface area (Å²) in [6, 6.07) is 4.55. The van der Waals surface area contributed by atoms with Crippen LogP contribution < -0.4 is 4.74 Å². The predicted molar refractivity (Wildman–Crippen MR) is 91.3 cm³/mol. The van der Waals surface area contributed by atoms with Crippen molar-refractivity contribution in [2.75, 3.05) is 13.2 Å². The highest BCUT2D eigenvalue weighted by atomic mass is 32.2. The van der Waals surface area contributed by atoms with Crippen LogP contribution in [0, 0.1) is 0 Å². The summed E-state index contributed by atoms with van der Waals surface area (Å²) in [5, 5.41) is 18.5. The van der Waals surface area contributed by atoms with Crippen LogP contribution in [0.4, 0.5) is 0 Å². The number of thioether (sulfide) groups is 1. The molecule has 6 nitrogen and oxygen atoms in total. The average Bonchev–Trinajstić information content (AvgIpc) is 2.74. The lowest BCUT2D eigenvalue weighted by molar-refractivity contribution is -0.139. The number of para-hydroxylation sites is 1. The van der Waals surface area contributed by atoms with Gasteiger partial charge in [0.25, 0.3) is 5.91 Å². The number of rotatable bonds is 6. The first kappa shape index (κ1) is 17.0. The zero-order valence-electron chi connectivity index (χ0n) is 11.9. The number of nitrogens with zero attached hydrogens (tertiary/aromatic N) is 1. The van der Waals surface area contributed by atoms with E-state index in [1.807, 2.05) is 0 Å². The number of carboxylic acids is 1. The van der Waals surface area contributed by atoms with Crippen LogP contribution >= 0.6 is 24.0 Å². The molecule has 1 saturated heterocycles. The van der Waals surface area contributed by atoms with Crippen LogP contribution in [-0.2, 0) is 9.59 Å². The van der Waals surface area contributed by atoms with Gasteiger partial charge in [-0.05, 0) is 12.1 Å². The highest BCUT2D eigenvalue weighted by molar-refractivity contribution is 8.26. The van der Waals surface area contributed by atoms with Gasteiger partial charge in [-0.2, -0.15) is 0 Å². The number of phenolic OH excluding ortho intramolecular Hbond substituents is 1. The van der Waals surface area contributed by atoms with Gasteiger partial charge in [0.05, 0.1) is 4.91 Å². The van der Waals surface area contributed by atoms with Gasteiger partial charge in [-0.25, -0.2) is 4.79 Å². The van der Waals surface area contributed by atoms with Gasteiger partial charge < -0.3 is 14.9 Å². The molecule has 1 aliphatic heterocycles. The van der Waals surface area contributed by atoms with Crippen LogP contribution in [0.15, 0.2) is 35.8 Å². The van der Waals surface area contributed by atoms with Gasteiger partial charge in [-0.3, -0.25) is 9.69 Å². The molecule has 120 valence electrons. The van der Waals surface area contributed by atoms with Crippen molar-refractivity contribution < 1.29 is 24.5 Å². The summed E-state index contributed by atoms with van der Waals surface area (Å²) in [7, 11) is 0. The van der Waals surface area contributed by atoms with E-state index in [1.54, 1.807) is 18.2 Å². The molecule has 0 unspecified atom stereocenters. The first-order valence-electron chi connectivity index (χ1n) is 6.47. The fourth-order valence-corrected chi connectivity index (χ4v) is 3.14. The van der Waals surface area contributed by atoms with E-state index in [9.17, 15) is 14.7 Å². The summed E-state index contributed by atoms with van der Waals surface area (Å²) in [5.41, 5.74) is 0.394. The van der Waals surface area contributed by atoms with Crippen molar-refractivity contribution in [3.05, 3.63) is 41.3 Å². The van der Waals surface area contributed by atoms with E-state index in [0.717, 1.165) is 11.8 Å². The van der Waals surface area contributed by atoms with Crippen molar-refractivity contribution in [2.45, 2.75) is 0 Å². The maximum Gasteiger partial charge on any atom is 0.341 e. The van der Waals surface area contributed by atoms with Gasteiger partial charge in [0.1, 0.15) is 4.32 Å². The largest absolute Gasteiger partial charge is 0.504 e. The molecule has 0 spiro atoms. The Hall–Kier alpha value is -2.32. The van der Waals surface area contributed by atoms with Gasteiger partial charge >= 0.3 is 5.97 Å². The lowest BCUT2D eigenvalue weighted by Crippen LogP contribution is -2.27. The lowest BCUT2D eigenvalue weighted by Gasteiger charge is -2.11. The van der Waals surface area contributed by atoms with E-state index < -0.39 is 12.6 Å². The topological polar surface area (TPSA) is 87.1 Å². The predicted octanol–water partition coefficient (Wildman–Crippen LogP) is 2.24. The average molecular weight is 351 g/mol. The number of aromatic hydroxyl groups is 1. The van der Waals surface area contributed by atoms with Crippen LogP contribution in [0.3, 0.4) is 0 Å². The number of carbonyl (C=O) groups excluding carboxylic acids is 1. The highest BCUT2D eigenvalue weighted by Crippen LogP contribution is 2.37. The van der Waals surface area contributed by atoms with Gasteiger partial charge in [-0.1, -0.05) is 42.2 Å². The summed E-state index contributed by atoms with van der Waals surface area (Å²) in [4.78, 5) is 24.7. The molecule has 2 rings (SSSR count). The van der Waals surface area contributed by atoms with Gasteiger partial charge in [0.2, 0.25) is 0 Å². The van der Waals surface area contributed by atoms with Gasteiger partial charge in [0, 0.05) is 12.1 Å². The molecular weight excluding hydrogens is 338 g/mol. The molecule has 23 heavy (non-hydrogen) atoms. The number of hydrogen-bond acceptors (Lipinski definition) is 6. The third-order valence-corrected chi connectivity index (χ3v) is 4.21. The van der Waals surface area contributed by atoms with Gasteiger partial charge in [0.15, 0.2) is 18.1 Å². The molecule has 1 aliphatic rings. The van der Waals surface area contributed by atoms with E-state index in [2.05, 4.69) is 6.58 Å². The van der Waals surface area contributed by atoms with Crippen LogP contribution in [-0.4, -0.2) is 44.5 Å². The highest BCUT2D eigenvalue weighted by Gasteiger charge is 2.31. The van der Waals surface area contributed by atoms with E-state index >= 15 is 0 Å². The molecule has 0 aromatic heterocycles. The Morgan fingerprint density at radius 2 is 2.22 bits per heavy atom. The molecule has 0 aliphatic carbocycles. The summed E-state index contributed by atoms with van der Waals surface area (Å²) in [6.07, 6.45) is 3.09. The molecule has 8 heteroatoms. The summed E-state index contributed by atoms with van der Waals surface area (Å²) in [5.74, 6) is -1.64. The third-order valence-electron chi connectivity index (χ3n) is 2.84. The number of phenols is 1. The Morgan fingerprint density at radius 1 is 1.48 bits per heavy atom. The molecule has 1 amide bonds. The van der Waals surface area contributed by atoms with E-state index in [0.29, 0.717) is 21.3 Å². The molecule has 0 bridgehead atoms. The first-order valence-corrected chi connectivity index (χ1v) is 7.69. The standard InChI is InChI=1S/C15H13NO5S2/c1-2-6-16-14(20)11(23-15(16)22)7-9-4-3-5-10(17)13(9)21-8-12(18)19/h2-5,7,17H,1,6,8H2,(H,18,19)/b11-7-. The van der Waals surface area contributed by atoms with Crippen molar-refractivity contribution in [3.8, 4) is 11.5 Å². The molecule has 1 heterocycles. The molecule has 0 radical (unpaired) electrons. The SMILES string of the molecule is C=CCN1C(=O)/C(=C/c2cccc(O)c2OCC(=O)O)SC1=S. The number of carbonyl (C=O) groups is 2. The quantitative estimate of drug-likeness (QED) is 0.462. The first-order chi connectivity index (χ1) is 10.9. The van der Waals surface area contributed by atoms with Crippen LogP contribution in [0.2, 0.25) is 0 Å². The second-order valence-electron chi connectivity index (χ2n) is 4.46. The number of aliphatic carboxylic acids is 1. The minimum absolute atomic E-state index is 0.00360. The van der Waals surface area contributed by atoms with Crippen molar-refractivity contribution in [1.29, 1.82) is 0 Å². The van der Waals surface area contributed by atoms with Crippen LogP contribution in [0.25, 0.3) is 6.08 Å². The monoisotopic (exact) mass is 351 g/mol. The number of amides is 1. The molecule has 2 N–H and O–H groups in total. The van der Waals surface area contributed by atoms with Crippen molar-refractivity contribution >= 4 is 46.3 Å². The Labute approximate surface area is 142 Å². The summed E-state index contributed by atoms with van der Waals surface area (Å²) >= 11 is 6.26. The van der Waals surface area contributed by atoms with Crippen molar-refractivity contribution in [3.63, 3.8) is 0 Å². The Morgan fingerprint density at radius 3 is 2.87 bits per heavy atom.